The highest BCUT2D eigenvalue weighted by molar-refractivity contribution is 7.71. The maximum Gasteiger partial charge on any atom is 0.251 e. The van der Waals surface area contributed by atoms with Gasteiger partial charge >= 0.3 is 0 Å². The van der Waals surface area contributed by atoms with Crippen LogP contribution < -0.4 is 5.32 Å². The molecule has 6 nitrogen and oxygen atoms in total. The Bertz CT molecular complexity index is 940. The van der Waals surface area contributed by atoms with Gasteiger partial charge in [-0.3, -0.25) is 14.8 Å². The van der Waals surface area contributed by atoms with Gasteiger partial charge in [-0.15, -0.1) is 11.3 Å². The van der Waals surface area contributed by atoms with E-state index in [1.54, 1.807) is 11.3 Å². The molecule has 0 spiro atoms. The molecular formula is C19H21N5OS2. The molecule has 3 heterocycles. The average Bonchev–Trinajstić information content (AvgIpc) is 3.34. The third kappa shape index (κ3) is 4.35. The van der Waals surface area contributed by atoms with Gasteiger partial charge in [0.05, 0.1) is 11.5 Å². The van der Waals surface area contributed by atoms with Crippen molar-refractivity contribution in [3.8, 4) is 10.7 Å². The Kier molecular flexibility index (Phi) is 5.47. The van der Waals surface area contributed by atoms with Crippen molar-refractivity contribution in [1.82, 2.24) is 25.0 Å². The van der Waals surface area contributed by atoms with E-state index in [9.17, 15) is 4.79 Å². The molecule has 27 heavy (non-hydrogen) atoms. The van der Waals surface area contributed by atoms with E-state index >= 15 is 0 Å². The summed E-state index contributed by atoms with van der Waals surface area (Å²) in [6, 6.07) is 13.6. The van der Waals surface area contributed by atoms with Gasteiger partial charge in [-0.05, 0) is 48.6 Å². The summed E-state index contributed by atoms with van der Waals surface area (Å²) < 4.78 is 2.48. The molecule has 1 aliphatic rings. The van der Waals surface area contributed by atoms with Crippen LogP contribution in [0.25, 0.3) is 10.7 Å². The highest BCUT2D eigenvalue weighted by Crippen LogP contribution is 2.21. The minimum atomic E-state index is 0.00503. The Balaban J connectivity index is 1.31. The monoisotopic (exact) mass is 399 g/mol. The second-order valence-electron chi connectivity index (χ2n) is 6.63. The molecular weight excluding hydrogens is 378 g/mol. The van der Waals surface area contributed by atoms with E-state index in [0.29, 0.717) is 17.0 Å². The molecule has 0 radical (unpaired) electrons. The predicted octanol–water partition coefficient (Wildman–Crippen LogP) is 3.52. The lowest BCUT2D eigenvalue weighted by atomic mass is 10.0. The lowest BCUT2D eigenvalue weighted by Crippen LogP contribution is -2.45. The maximum absolute atomic E-state index is 12.3. The number of thiophene rings is 1. The first-order valence-electron chi connectivity index (χ1n) is 8.98. The molecule has 0 saturated carbocycles. The number of aromatic nitrogens is 3. The normalized spacial score (nSPS) is 15.7. The highest BCUT2D eigenvalue weighted by Gasteiger charge is 2.21. The number of hydrogen-bond acceptors (Lipinski definition) is 5. The van der Waals surface area contributed by atoms with Gasteiger partial charge in [0.25, 0.3) is 5.91 Å². The Hall–Kier alpha value is -2.29. The molecule has 1 saturated heterocycles. The summed E-state index contributed by atoms with van der Waals surface area (Å²) in [4.78, 5) is 20.2. The van der Waals surface area contributed by atoms with Crippen molar-refractivity contribution >= 4 is 29.5 Å². The van der Waals surface area contributed by atoms with Gasteiger partial charge in [-0.25, -0.2) is 4.68 Å². The van der Waals surface area contributed by atoms with Crippen LogP contribution in [-0.4, -0.2) is 44.7 Å². The summed E-state index contributed by atoms with van der Waals surface area (Å²) in [7, 11) is 0. The highest BCUT2D eigenvalue weighted by atomic mass is 32.1. The van der Waals surface area contributed by atoms with Crippen LogP contribution in [0, 0.1) is 4.77 Å². The van der Waals surface area contributed by atoms with Crippen molar-refractivity contribution in [3.63, 3.8) is 0 Å². The number of piperidine rings is 1. The van der Waals surface area contributed by atoms with E-state index in [1.807, 2.05) is 52.5 Å². The number of rotatable bonds is 5. The summed E-state index contributed by atoms with van der Waals surface area (Å²) in [6.45, 7) is 2.51. The van der Waals surface area contributed by atoms with Crippen molar-refractivity contribution < 1.29 is 4.79 Å². The molecule has 4 rings (SSSR count). The van der Waals surface area contributed by atoms with Crippen LogP contribution in [0.4, 0.5) is 0 Å². The van der Waals surface area contributed by atoms with Gasteiger partial charge in [-0.2, -0.15) is 4.98 Å². The number of nitrogens with zero attached hydrogens (tertiary/aromatic N) is 3. The van der Waals surface area contributed by atoms with Gasteiger partial charge in [0.15, 0.2) is 5.82 Å². The number of benzene rings is 1. The molecule has 0 bridgehead atoms. The number of nitrogens with one attached hydrogen (secondary N) is 2. The first-order valence-corrected chi connectivity index (χ1v) is 10.3. The van der Waals surface area contributed by atoms with E-state index < -0.39 is 0 Å². The molecule has 0 atom stereocenters. The van der Waals surface area contributed by atoms with Crippen molar-refractivity contribution in [2.24, 2.45) is 0 Å². The van der Waals surface area contributed by atoms with Crippen LogP contribution in [-0.2, 0) is 6.67 Å². The van der Waals surface area contributed by atoms with Gasteiger partial charge < -0.3 is 5.32 Å². The van der Waals surface area contributed by atoms with E-state index in [1.165, 1.54) is 0 Å². The van der Waals surface area contributed by atoms with Crippen LogP contribution in [0.15, 0.2) is 47.8 Å². The Morgan fingerprint density at radius 3 is 2.70 bits per heavy atom. The summed E-state index contributed by atoms with van der Waals surface area (Å²) in [6.07, 6.45) is 1.86. The predicted molar refractivity (Wildman–Crippen MR) is 109 cm³/mol. The van der Waals surface area contributed by atoms with Crippen LogP contribution in [0.1, 0.15) is 23.2 Å². The van der Waals surface area contributed by atoms with E-state index in [4.69, 9.17) is 12.2 Å². The standard InChI is InChI=1S/C19H21N5OS2/c25-18(14-5-2-1-3-6-14)20-15-8-10-23(11-9-15)13-24-19(26)21-17(22-24)16-7-4-12-27-16/h1-7,12,15H,8-11,13H2,(H,20,25)(H,21,22,26). The fraction of sp³-hybridized carbons (Fsp3) is 0.316. The molecule has 0 aliphatic carbocycles. The summed E-state index contributed by atoms with van der Waals surface area (Å²) >= 11 is 7.03. The number of carbonyl (C=O) groups excluding carboxylic acids is 1. The molecule has 8 heteroatoms. The third-order valence-corrected chi connectivity index (χ3v) is 5.92. The fourth-order valence-corrected chi connectivity index (χ4v) is 4.11. The maximum atomic E-state index is 12.3. The molecule has 1 aromatic carbocycles. The number of amides is 1. The number of carbonyl (C=O) groups is 1. The molecule has 1 amide bonds. The lowest BCUT2D eigenvalue weighted by molar-refractivity contribution is 0.0896. The number of hydrogen-bond donors (Lipinski definition) is 2. The molecule has 1 fully saturated rings. The van der Waals surface area contributed by atoms with Gasteiger partial charge in [0.2, 0.25) is 4.77 Å². The molecule has 140 valence electrons. The minimum Gasteiger partial charge on any atom is -0.349 e. The first kappa shape index (κ1) is 18.1. The van der Waals surface area contributed by atoms with Crippen LogP contribution >= 0.6 is 23.6 Å². The van der Waals surface area contributed by atoms with E-state index in [0.717, 1.165) is 36.6 Å². The molecule has 2 N–H and O–H groups in total. The summed E-state index contributed by atoms with van der Waals surface area (Å²) in [5.74, 6) is 0.824. The number of aromatic amines is 1. The first-order chi connectivity index (χ1) is 13.2. The second-order valence-corrected chi connectivity index (χ2v) is 7.95. The summed E-state index contributed by atoms with van der Waals surface area (Å²) in [5.41, 5.74) is 0.713. The Morgan fingerprint density at radius 2 is 2.00 bits per heavy atom. The van der Waals surface area contributed by atoms with Crippen molar-refractivity contribution in [1.29, 1.82) is 0 Å². The fourth-order valence-electron chi connectivity index (χ4n) is 3.25. The van der Waals surface area contributed by atoms with E-state index in [-0.39, 0.29) is 11.9 Å². The summed E-state index contributed by atoms with van der Waals surface area (Å²) in [5, 5.41) is 8.47. The van der Waals surface area contributed by atoms with Gasteiger partial charge in [-0.1, -0.05) is 24.3 Å². The largest absolute Gasteiger partial charge is 0.349 e. The van der Waals surface area contributed by atoms with Crippen molar-refractivity contribution in [2.45, 2.75) is 25.6 Å². The Morgan fingerprint density at radius 1 is 1.22 bits per heavy atom. The average molecular weight is 400 g/mol. The molecule has 1 aliphatic heterocycles. The SMILES string of the molecule is O=C(NC1CCN(Cn2[nH]c(-c3cccs3)nc2=S)CC1)c1ccccc1. The van der Waals surface area contributed by atoms with Gasteiger partial charge in [0, 0.05) is 24.7 Å². The van der Waals surface area contributed by atoms with Gasteiger partial charge in [0.1, 0.15) is 0 Å². The second kappa shape index (κ2) is 8.16. The molecule has 3 aromatic rings. The smallest absolute Gasteiger partial charge is 0.251 e. The lowest BCUT2D eigenvalue weighted by Gasteiger charge is -2.32. The number of likely N-dealkylation sites (tertiary alicyclic amines) is 1. The van der Waals surface area contributed by atoms with Crippen molar-refractivity contribution in [2.75, 3.05) is 13.1 Å². The topological polar surface area (TPSA) is 66.0 Å². The van der Waals surface area contributed by atoms with Crippen LogP contribution in [0.2, 0.25) is 0 Å². The van der Waals surface area contributed by atoms with Crippen molar-refractivity contribution in [3.05, 3.63) is 58.2 Å². The molecule has 0 unspecified atom stereocenters. The Labute approximate surface area is 166 Å². The third-order valence-electron chi connectivity index (χ3n) is 4.73. The zero-order valence-corrected chi connectivity index (χ0v) is 16.4. The van der Waals surface area contributed by atoms with Crippen LogP contribution in [0.5, 0.6) is 0 Å². The zero-order chi connectivity index (χ0) is 18.6. The molecule has 2 aromatic heterocycles. The van der Waals surface area contributed by atoms with E-state index in [2.05, 4.69) is 20.3 Å². The minimum absolute atomic E-state index is 0.00503. The van der Waals surface area contributed by atoms with Crippen LogP contribution in [0.3, 0.4) is 0 Å². The zero-order valence-electron chi connectivity index (χ0n) is 14.8. The number of H-pyrrole nitrogens is 1. The quantitative estimate of drug-likeness (QED) is 0.644.